The van der Waals surface area contributed by atoms with E-state index in [2.05, 4.69) is 5.32 Å². The summed E-state index contributed by atoms with van der Waals surface area (Å²) in [6.45, 7) is 0. The second kappa shape index (κ2) is 7.65. The van der Waals surface area contributed by atoms with Gasteiger partial charge < -0.3 is 16.2 Å². The van der Waals surface area contributed by atoms with E-state index in [0.29, 0.717) is 34.8 Å². The number of aryl methyl sites for hydroxylation is 1. The number of anilines is 2. The number of carboxylic acid groups (broad SMARTS) is 1. The second-order valence-corrected chi connectivity index (χ2v) is 5.54. The highest BCUT2D eigenvalue weighted by molar-refractivity contribution is 6.34. The molecule has 0 atom stereocenters. The van der Waals surface area contributed by atoms with Crippen LogP contribution in [0.5, 0.6) is 0 Å². The highest BCUT2D eigenvalue weighted by Crippen LogP contribution is 2.20. The van der Waals surface area contributed by atoms with Crippen molar-refractivity contribution in [1.82, 2.24) is 0 Å². The summed E-state index contributed by atoms with van der Waals surface area (Å²) in [5.74, 6) is -1.13. The number of hydrogen-bond donors (Lipinski definition) is 3. The topological polar surface area (TPSA) is 92.4 Å². The molecule has 0 saturated heterocycles. The van der Waals surface area contributed by atoms with E-state index in [1.165, 1.54) is 6.07 Å². The Morgan fingerprint density at radius 2 is 1.83 bits per heavy atom. The standard InChI is InChI=1S/C17H17ClN2O3/c18-15-9-6-12(19)10-14(15)17(23)20-13-7-4-11(5-8-13)2-1-3-16(21)22/h4-10H,1-3,19H2,(H,20,23)(H,21,22). The summed E-state index contributed by atoms with van der Waals surface area (Å²) in [6.07, 6.45) is 1.41. The maximum atomic E-state index is 12.2. The fourth-order valence-electron chi connectivity index (χ4n) is 2.11. The molecule has 0 aliphatic rings. The van der Waals surface area contributed by atoms with Crippen molar-refractivity contribution in [3.8, 4) is 0 Å². The average Bonchev–Trinajstić information content (AvgIpc) is 2.51. The van der Waals surface area contributed by atoms with Crippen molar-refractivity contribution < 1.29 is 14.7 Å². The molecule has 0 aliphatic heterocycles. The zero-order chi connectivity index (χ0) is 16.8. The third-order valence-corrected chi connectivity index (χ3v) is 3.63. The quantitative estimate of drug-likeness (QED) is 0.705. The van der Waals surface area contributed by atoms with Crippen LogP contribution < -0.4 is 11.1 Å². The van der Waals surface area contributed by atoms with Crippen LogP contribution in [0.3, 0.4) is 0 Å². The zero-order valence-electron chi connectivity index (χ0n) is 12.4. The molecular weight excluding hydrogens is 316 g/mol. The van der Waals surface area contributed by atoms with E-state index in [1.807, 2.05) is 12.1 Å². The van der Waals surface area contributed by atoms with Gasteiger partial charge in [-0.25, -0.2) is 0 Å². The summed E-state index contributed by atoms with van der Waals surface area (Å²) in [5.41, 5.74) is 8.10. The van der Waals surface area contributed by atoms with Crippen LogP contribution in [0, 0.1) is 0 Å². The Labute approximate surface area is 139 Å². The molecule has 0 spiro atoms. The van der Waals surface area contributed by atoms with Crippen molar-refractivity contribution in [2.75, 3.05) is 11.1 Å². The van der Waals surface area contributed by atoms with E-state index in [0.717, 1.165) is 5.56 Å². The number of nitrogens with one attached hydrogen (secondary N) is 1. The van der Waals surface area contributed by atoms with Crippen molar-refractivity contribution in [3.63, 3.8) is 0 Å². The van der Waals surface area contributed by atoms with Crippen LogP contribution in [0.25, 0.3) is 0 Å². The van der Waals surface area contributed by atoms with E-state index < -0.39 is 5.97 Å². The van der Waals surface area contributed by atoms with Gasteiger partial charge in [-0.2, -0.15) is 0 Å². The smallest absolute Gasteiger partial charge is 0.303 e. The maximum Gasteiger partial charge on any atom is 0.303 e. The second-order valence-electron chi connectivity index (χ2n) is 5.14. The molecule has 2 rings (SSSR count). The van der Waals surface area contributed by atoms with Gasteiger partial charge in [0.25, 0.3) is 5.91 Å². The Balaban J connectivity index is 1.99. The summed E-state index contributed by atoms with van der Waals surface area (Å²) in [6, 6.07) is 12.0. The summed E-state index contributed by atoms with van der Waals surface area (Å²) in [4.78, 5) is 22.7. The van der Waals surface area contributed by atoms with Crippen LogP contribution in [0.15, 0.2) is 42.5 Å². The first-order valence-corrected chi connectivity index (χ1v) is 7.50. The number of nitrogen functional groups attached to an aromatic ring is 1. The molecule has 4 N–H and O–H groups in total. The van der Waals surface area contributed by atoms with Crippen LogP contribution in [0.4, 0.5) is 11.4 Å². The van der Waals surface area contributed by atoms with Gasteiger partial charge in [-0.3, -0.25) is 9.59 Å². The molecule has 2 aromatic rings. The third-order valence-electron chi connectivity index (χ3n) is 3.30. The molecule has 6 heteroatoms. The zero-order valence-corrected chi connectivity index (χ0v) is 13.1. The molecule has 0 unspecified atom stereocenters. The molecule has 5 nitrogen and oxygen atoms in total. The molecular formula is C17H17ClN2O3. The number of carbonyl (C=O) groups is 2. The Hall–Kier alpha value is -2.53. The number of rotatable bonds is 6. The SMILES string of the molecule is Nc1ccc(Cl)c(C(=O)Nc2ccc(CCCC(=O)O)cc2)c1. The van der Waals surface area contributed by atoms with E-state index in [4.69, 9.17) is 22.4 Å². The van der Waals surface area contributed by atoms with Gasteiger partial charge in [0.05, 0.1) is 10.6 Å². The van der Waals surface area contributed by atoms with Gasteiger partial charge >= 0.3 is 5.97 Å². The number of nitrogens with two attached hydrogens (primary N) is 1. The van der Waals surface area contributed by atoms with E-state index >= 15 is 0 Å². The Bertz CT molecular complexity index is 714. The number of aliphatic carboxylic acids is 1. The molecule has 1 amide bonds. The molecule has 0 aromatic heterocycles. The van der Waals surface area contributed by atoms with Crippen LogP contribution >= 0.6 is 11.6 Å². The Morgan fingerprint density at radius 3 is 2.48 bits per heavy atom. The number of amides is 1. The summed E-state index contributed by atoms with van der Waals surface area (Å²) in [5, 5.41) is 11.7. The molecule has 0 aliphatic carbocycles. The summed E-state index contributed by atoms with van der Waals surface area (Å²) in [7, 11) is 0. The highest BCUT2D eigenvalue weighted by Gasteiger charge is 2.11. The first kappa shape index (κ1) is 16.8. The number of carboxylic acids is 1. The fourth-order valence-corrected chi connectivity index (χ4v) is 2.32. The van der Waals surface area contributed by atoms with Crippen molar-refractivity contribution >= 4 is 34.9 Å². The monoisotopic (exact) mass is 332 g/mol. The lowest BCUT2D eigenvalue weighted by molar-refractivity contribution is -0.137. The lowest BCUT2D eigenvalue weighted by atomic mass is 10.1. The van der Waals surface area contributed by atoms with Crippen molar-refractivity contribution in [2.45, 2.75) is 19.3 Å². The summed E-state index contributed by atoms with van der Waals surface area (Å²) < 4.78 is 0. The Morgan fingerprint density at radius 1 is 1.13 bits per heavy atom. The van der Waals surface area contributed by atoms with Gasteiger partial charge in [0.15, 0.2) is 0 Å². The van der Waals surface area contributed by atoms with Crippen molar-refractivity contribution in [2.24, 2.45) is 0 Å². The summed E-state index contributed by atoms with van der Waals surface area (Å²) >= 11 is 6.00. The van der Waals surface area contributed by atoms with Crippen LogP contribution in [-0.4, -0.2) is 17.0 Å². The number of hydrogen-bond acceptors (Lipinski definition) is 3. The minimum absolute atomic E-state index is 0.145. The normalized spacial score (nSPS) is 10.3. The van der Waals surface area contributed by atoms with E-state index in [-0.39, 0.29) is 12.3 Å². The fraction of sp³-hybridized carbons (Fsp3) is 0.176. The Kier molecular flexibility index (Phi) is 5.60. The average molecular weight is 333 g/mol. The molecule has 23 heavy (non-hydrogen) atoms. The molecule has 120 valence electrons. The maximum absolute atomic E-state index is 12.2. The molecule has 0 bridgehead atoms. The first-order chi connectivity index (χ1) is 11.0. The highest BCUT2D eigenvalue weighted by atomic mass is 35.5. The van der Waals surface area contributed by atoms with Gasteiger partial charge in [0.1, 0.15) is 0 Å². The predicted octanol–water partition coefficient (Wildman–Crippen LogP) is 3.58. The van der Waals surface area contributed by atoms with Gasteiger partial charge in [0, 0.05) is 17.8 Å². The minimum atomic E-state index is -0.798. The molecule has 0 radical (unpaired) electrons. The minimum Gasteiger partial charge on any atom is -0.481 e. The molecule has 2 aromatic carbocycles. The lowest BCUT2D eigenvalue weighted by Crippen LogP contribution is -2.12. The number of halogens is 1. The van der Waals surface area contributed by atoms with E-state index in [1.54, 1.807) is 24.3 Å². The van der Waals surface area contributed by atoms with Gasteiger partial charge in [-0.05, 0) is 48.7 Å². The van der Waals surface area contributed by atoms with Crippen LogP contribution in [-0.2, 0) is 11.2 Å². The van der Waals surface area contributed by atoms with Gasteiger partial charge in [-0.1, -0.05) is 23.7 Å². The number of carbonyl (C=O) groups excluding carboxylic acids is 1. The molecule has 0 fully saturated rings. The lowest BCUT2D eigenvalue weighted by Gasteiger charge is -2.08. The van der Waals surface area contributed by atoms with E-state index in [9.17, 15) is 9.59 Å². The first-order valence-electron chi connectivity index (χ1n) is 7.13. The van der Waals surface area contributed by atoms with Gasteiger partial charge in [0.2, 0.25) is 0 Å². The molecule has 0 saturated carbocycles. The third kappa shape index (κ3) is 5.00. The molecule has 0 heterocycles. The predicted molar refractivity (Wildman–Crippen MR) is 90.8 cm³/mol. The van der Waals surface area contributed by atoms with Crippen LogP contribution in [0.2, 0.25) is 5.02 Å². The van der Waals surface area contributed by atoms with Gasteiger partial charge in [-0.15, -0.1) is 0 Å². The van der Waals surface area contributed by atoms with Crippen molar-refractivity contribution in [3.05, 3.63) is 58.6 Å². The largest absolute Gasteiger partial charge is 0.481 e. The van der Waals surface area contributed by atoms with Crippen molar-refractivity contribution in [1.29, 1.82) is 0 Å². The number of benzene rings is 2. The van der Waals surface area contributed by atoms with Crippen LogP contribution in [0.1, 0.15) is 28.8 Å².